The molecular weight excluding hydrogens is 400 g/mol. The van der Waals surface area contributed by atoms with E-state index in [1.165, 1.54) is 6.92 Å². The summed E-state index contributed by atoms with van der Waals surface area (Å²) in [5, 5.41) is 13.0. The number of ketones is 1. The molecule has 0 bridgehead atoms. The second-order valence-corrected chi connectivity index (χ2v) is 7.99. The van der Waals surface area contributed by atoms with E-state index < -0.39 is 0 Å². The molecule has 5 nitrogen and oxygen atoms in total. The summed E-state index contributed by atoms with van der Waals surface area (Å²) in [6.07, 6.45) is 0. The maximum absolute atomic E-state index is 13.4. The Hall–Kier alpha value is -3.31. The maximum Gasteiger partial charge on any atom is 0.274 e. The molecule has 1 aromatic heterocycles. The van der Waals surface area contributed by atoms with Crippen molar-refractivity contribution in [2.75, 3.05) is 17.3 Å². The lowest BCUT2D eigenvalue weighted by Gasteiger charge is -2.17. The fraction of sp³-hybridized carbons (Fsp3) is 0.167. The van der Waals surface area contributed by atoms with Crippen LogP contribution in [0.4, 0.5) is 5.69 Å². The molecule has 1 atom stereocenters. The van der Waals surface area contributed by atoms with Crippen molar-refractivity contribution in [1.29, 1.82) is 0 Å². The number of rotatable bonds is 3. The van der Waals surface area contributed by atoms with Crippen LogP contribution in [0.15, 0.2) is 54.6 Å². The Balaban J connectivity index is 1.61. The number of aromatic nitrogens is 1. The first-order valence-corrected chi connectivity index (χ1v) is 10.3. The Morgan fingerprint density at radius 3 is 2.63 bits per heavy atom. The summed E-state index contributed by atoms with van der Waals surface area (Å²) in [6.45, 7) is 1.96. The molecule has 6 heteroatoms. The molecule has 1 aliphatic rings. The molecule has 1 amide bonds. The van der Waals surface area contributed by atoms with Crippen LogP contribution in [0.5, 0.6) is 5.75 Å². The molecule has 1 unspecified atom stereocenters. The summed E-state index contributed by atoms with van der Waals surface area (Å²) < 4.78 is 0. The van der Waals surface area contributed by atoms with Gasteiger partial charge in [0.2, 0.25) is 0 Å². The first-order valence-electron chi connectivity index (χ1n) is 9.74. The van der Waals surface area contributed by atoms with Crippen molar-refractivity contribution in [2.24, 2.45) is 0 Å². The molecule has 150 valence electrons. The molecule has 2 heterocycles. The summed E-state index contributed by atoms with van der Waals surface area (Å²) >= 11 is 6.26. The predicted octanol–water partition coefficient (Wildman–Crippen LogP) is 5.21. The highest BCUT2D eigenvalue weighted by Gasteiger charge is 2.35. The third-order valence-electron chi connectivity index (χ3n) is 5.83. The summed E-state index contributed by atoms with van der Waals surface area (Å²) in [4.78, 5) is 29.9. The molecule has 5 rings (SSSR count). The van der Waals surface area contributed by atoms with Crippen molar-refractivity contribution in [2.45, 2.75) is 12.8 Å². The number of nitrogens with zero attached hydrogens (tertiary/aromatic N) is 1. The normalized spacial score (nSPS) is 15.7. The largest absolute Gasteiger partial charge is 0.507 e. The smallest absolute Gasteiger partial charge is 0.274 e. The minimum Gasteiger partial charge on any atom is -0.507 e. The standard InChI is InChI=1S/C24H19ClN2O3/c1-13(28)14-6-7-19-15(8-14)9-20(26-19)24(30)27-12-16(11-25)23-18-5-3-2-4-17(18)22(29)10-21(23)27/h2-10,16,26,29H,11-12H2,1H3. The Labute approximate surface area is 177 Å². The van der Waals surface area contributed by atoms with Crippen LogP contribution in [0.2, 0.25) is 0 Å². The Bertz CT molecular complexity index is 1340. The van der Waals surface area contributed by atoms with Gasteiger partial charge in [0.1, 0.15) is 11.4 Å². The summed E-state index contributed by atoms with van der Waals surface area (Å²) in [5.41, 5.74) is 3.50. The number of aromatic amines is 1. The number of phenols is 1. The third-order valence-corrected chi connectivity index (χ3v) is 6.21. The van der Waals surface area contributed by atoms with Crippen molar-refractivity contribution in [1.82, 2.24) is 4.98 Å². The Kier molecular flexibility index (Phi) is 4.29. The van der Waals surface area contributed by atoms with Gasteiger partial charge in [-0.05, 0) is 42.1 Å². The van der Waals surface area contributed by atoms with E-state index in [1.807, 2.05) is 30.3 Å². The van der Waals surface area contributed by atoms with Crippen LogP contribution in [-0.4, -0.2) is 34.2 Å². The van der Waals surface area contributed by atoms with Gasteiger partial charge in [0.05, 0.1) is 5.69 Å². The van der Waals surface area contributed by atoms with Crippen LogP contribution in [0.3, 0.4) is 0 Å². The first kappa shape index (κ1) is 18.7. The molecule has 0 aliphatic carbocycles. The third kappa shape index (κ3) is 2.77. The van der Waals surface area contributed by atoms with E-state index in [0.29, 0.717) is 29.4 Å². The molecule has 1 aliphatic heterocycles. The highest BCUT2D eigenvalue weighted by atomic mass is 35.5. The van der Waals surface area contributed by atoms with Gasteiger partial charge in [-0.1, -0.05) is 24.3 Å². The molecule has 0 fully saturated rings. The number of alkyl halides is 1. The summed E-state index contributed by atoms with van der Waals surface area (Å²) in [6, 6.07) is 16.4. The van der Waals surface area contributed by atoms with Crippen molar-refractivity contribution >= 4 is 50.7 Å². The number of aromatic hydroxyl groups is 1. The monoisotopic (exact) mass is 418 g/mol. The van der Waals surface area contributed by atoms with Crippen LogP contribution in [0.1, 0.15) is 39.3 Å². The highest BCUT2D eigenvalue weighted by molar-refractivity contribution is 6.19. The van der Waals surface area contributed by atoms with E-state index in [1.54, 1.807) is 29.2 Å². The van der Waals surface area contributed by atoms with E-state index in [9.17, 15) is 14.7 Å². The van der Waals surface area contributed by atoms with Gasteiger partial charge in [-0.3, -0.25) is 9.59 Å². The number of amides is 1. The second kappa shape index (κ2) is 6.89. The molecular formula is C24H19ClN2O3. The van der Waals surface area contributed by atoms with E-state index >= 15 is 0 Å². The minimum absolute atomic E-state index is 0.0215. The van der Waals surface area contributed by atoms with Gasteiger partial charge < -0.3 is 15.0 Å². The van der Waals surface area contributed by atoms with Gasteiger partial charge in [0.25, 0.3) is 5.91 Å². The van der Waals surface area contributed by atoms with E-state index in [0.717, 1.165) is 27.2 Å². The Morgan fingerprint density at radius 1 is 1.13 bits per heavy atom. The number of carbonyl (C=O) groups excluding carboxylic acids is 2. The maximum atomic E-state index is 13.4. The first-order chi connectivity index (χ1) is 14.5. The Morgan fingerprint density at radius 2 is 1.90 bits per heavy atom. The molecule has 4 aromatic rings. The van der Waals surface area contributed by atoms with Gasteiger partial charge in [-0.15, -0.1) is 11.6 Å². The molecule has 30 heavy (non-hydrogen) atoms. The lowest BCUT2D eigenvalue weighted by Crippen LogP contribution is -2.30. The number of nitrogens with one attached hydrogen (secondary N) is 1. The number of fused-ring (bicyclic) bond motifs is 4. The number of anilines is 1. The van der Waals surface area contributed by atoms with Gasteiger partial charge in [0, 0.05) is 46.3 Å². The fourth-order valence-corrected chi connectivity index (χ4v) is 4.61. The molecule has 0 saturated heterocycles. The number of hydrogen-bond donors (Lipinski definition) is 2. The average Bonchev–Trinajstić information content (AvgIpc) is 3.34. The van der Waals surface area contributed by atoms with Gasteiger partial charge in [0.15, 0.2) is 5.78 Å². The van der Waals surface area contributed by atoms with Crippen LogP contribution in [0.25, 0.3) is 21.7 Å². The van der Waals surface area contributed by atoms with Gasteiger partial charge >= 0.3 is 0 Å². The predicted molar refractivity (Wildman–Crippen MR) is 119 cm³/mol. The van der Waals surface area contributed by atoms with E-state index in [-0.39, 0.29) is 23.4 Å². The fourth-order valence-electron chi connectivity index (χ4n) is 4.36. The van der Waals surface area contributed by atoms with Crippen LogP contribution in [0, 0.1) is 0 Å². The van der Waals surface area contributed by atoms with Gasteiger partial charge in [-0.2, -0.15) is 0 Å². The summed E-state index contributed by atoms with van der Waals surface area (Å²) in [5.74, 6) is 0.274. The lowest BCUT2D eigenvalue weighted by atomic mass is 9.95. The van der Waals surface area contributed by atoms with Crippen LogP contribution in [-0.2, 0) is 0 Å². The zero-order valence-corrected chi connectivity index (χ0v) is 17.0. The number of H-pyrrole nitrogens is 1. The molecule has 0 saturated carbocycles. The minimum atomic E-state index is -0.195. The van der Waals surface area contributed by atoms with Crippen LogP contribution >= 0.6 is 11.6 Å². The molecule has 2 N–H and O–H groups in total. The van der Waals surface area contributed by atoms with Crippen LogP contribution < -0.4 is 4.90 Å². The van der Waals surface area contributed by atoms with Crippen molar-refractivity contribution in [3.8, 4) is 5.75 Å². The lowest BCUT2D eigenvalue weighted by molar-refractivity contribution is 0.0982. The molecule has 0 radical (unpaired) electrons. The average molecular weight is 419 g/mol. The second-order valence-electron chi connectivity index (χ2n) is 7.68. The quantitative estimate of drug-likeness (QED) is 0.354. The zero-order valence-electron chi connectivity index (χ0n) is 16.3. The molecule has 3 aromatic carbocycles. The number of Topliss-reactive ketones (excluding diaryl/α,β-unsaturated/α-hetero) is 1. The van der Waals surface area contributed by atoms with Gasteiger partial charge in [-0.25, -0.2) is 0 Å². The topological polar surface area (TPSA) is 73.4 Å². The SMILES string of the molecule is CC(=O)c1ccc2[nH]c(C(=O)N3CC(CCl)c4c3cc(O)c3ccccc43)cc2c1. The zero-order chi connectivity index (χ0) is 21.0. The number of halogens is 1. The molecule has 0 spiro atoms. The van der Waals surface area contributed by atoms with E-state index in [2.05, 4.69) is 4.98 Å². The number of phenolic OH excluding ortho intramolecular Hbond substituents is 1. The summed E-state index contributed by atoms with van der Waals surface area (Å²) in [7, 11) is 0. The number of carbonyl (C=O) groups is 2. The van der Waals surface area contributed by atoms with Crippen molar-refractivity contribution in [3.05, 3.63) is 71.4 Å². The number of hydrogen-bond acceptors (Lipinski definition) is 3. The highest BCUT2D eigenvalue weighted by Crippen LogP contribution is 2.45. The van der Waals surface area contributed by atoms with E-state index in [4.69, 9.17) is 11.6 Å². The van der Waals surface area contributed by atoms with Crippen molar-refractivity contribution < 1.29 is 14.7 Å². The van der Waals surface area contributed by atoms with Crippen molar-refractivity contribution in [3.63, 3.8) is 0 Å². The number of benzene rings is 3.